The SMILES string of the molecule is Cc1cc(=O)[nH]c(-c2cccc(NC(=O)C3CCN(S(=O)(=O)c4ccc(Br)cc4)CC3)c2)n1. The van der Waals surface area contributed by atoms with Gasteiger partial charge in [-0.15, -0.1) is 0 Å². The molecule has 8 nitrogen and oxygen atoms in total. The fourth-order valence-corrected chi connectivity index (χ4v) is 5.55. The lowest BCUT2D eigenvalue weighted by Gasteiger charge is -2.30. The second kappa shape index (κ2) is 9.58. The van der Waals surface area contributed by atoms with Gasteiger partial charge in [0.2, 0.25) is 15.9 Å². The number of nitrogens with zero attached hydrogens (tertiary/aromatic N) is 2. The van der Waals surface area contributed by atoms with Crippen molar-refractivity contribution < 1.29 is 13.2 Å². The van der Waals surface area contributed by atoms with Crippen molar-refractivity contribution in [2.24, 2.45) is 5.92 Å². The van der Waals surface area contributed by atoms with Crippen LogP contribution in [0.2, 0.25) is 0 Å². The number of amides is 1. The largest absolute Gasteiger partial charge is 0.326 e. The van der Waals surface area contributed by atoms with Crippen LogP contribution in [0.5, 0.6) is 0 Å². The molecule has 0 unspecified atom stereocenters. The van der Waals surface area contributed by atoms with E-state index in [9.17, 15) is 18.0 Å². The van der Waals surface area contributed by atoms with E-state index in [1.54, 1.807) is 55.5 Å². The van der Waals surface area contributed by atoms with Crippen LogP contribution in [-0.4, -0.2) is 41.7 Å². The van der Waals surface area contributed by atoms with E-state index in [1.807, 2.05) is 0 Å². The Labute approximate surface area is 200 Å². The number of hydrogen-bond donors (Lipinski definition) is 2. The van der Waals surface area contributed by atoms with E-state index in [4.69, 9.17) is 0 Å². The highest BCUT2D eigenvalue weighted by Crippen LogP contribution is 2.26. The standard InChI is InChI=1S/C23H23BrN4O4S/c1-15-13-21(29)27-22(25-15)17-3-2-4-19(14-17)26-23(30)16-9-11-28(12-10-16)33(31,32)20-7-5-18(24)6-8-20/h2-8,13-14,16H,9-12H2,1H3,(H,26,30)(H,25,27,29). The summed E-state index contributed by atoms with van der Waals surface area (Å²) in [5, 5.41) is 2.91. The normalized spacial score (nSPS) is 15.3. The molecule has 1 amide bonds. The third-order valence-corrected chi connectivity index (χ3v) is 7.99. The van der Waals surface area contributed by atoms with Gasteiger partial charge in [-0.3, -0.25) is 9.59 Å². The van der Waals surface area contributed by atoms with E-state index in [2.05, 4.69) is 31.2 Å². The highest BCUT2D eigenvalue weighted by molar-refractivity contribution is 9.10. The van der Waals surface area contributed by atoms with Crippen LogP contribution in [0.25, 0.3) is 11.4 Å². The molecule has 1 aliphatic rings. The number of piperidine rings is 1. The molecule has 1 fully saturated rings. The number of carbonyl (C=O) groups is 1. The van der Waals surface area contributed by atoms with Crippen molar-refractivity contribution in [3.8, 4) is 11.4 Å². The van der Waals surface area contributed by atoms with E-state index >= 15 is 0 Å². The molecule has 2 heterocycles. The quantitative estimate of drug-likeness (QED) is 0.523. The molecule has 1 saturated heterocycles. The fraction of sp³-hybridized carbons (Fsp3) is 0.261. The second-order valence-electron chi connectivity index (χ2n) is 7.94. The maximum atomic E-state index is 12.9. The first-order chi connectivity index (χ1) is 15.7. The zero-order valence-corrected chi connectivity index (χ0v) is 20.3. The van der Waals surface area contributed by atoms with Gasteiger partial charge in [-0.05, 0) is 56.2 Å². The number of hydrogen-bond acceptors (Lipinski definition) is 5. The van der Waals surface area contributed by atoms with Gasteiger partial charge < -0.3 is 10.3 Å². The molecule has 1 aromatic heterocycles. The second-order valence-corrected chi connectivity index (χ2v) is 10.8. The Bertz CT molecular complexity index is 1330. The zero-order chi connectivity index (χ0) is 23.6. The van der Waals surface area contributed by atoms with E-state index in [0.29, 0.717) is 35.6 Å². The van der Waals surface area contributed by atoms with Crippen molar-refractivity contribution in [3.63, 3.8) is 0 Å². The van der Waals surface area contributed by atoms with E-state index < -0.39 is 10.0 Å². The molecule has 0 atom stereocenters. The number of aromatic amines is 1. The highest BCUT2D eigenvalue weighted by Gasteiger charge is 2.32. The summed E-state index contributed by atoms with van der Waals surface area (Å²) in [6.45, 7) is 2.31. The lowest BCUT2D eigenvalue weighted by molar-refractivity contribution is -0.120. The molecule has 0 bridgehead atoms. The maximum Gasteiger partial charge on any atom is 0.251 e. The van der Waals surface area contributed by atoms with Gasteiger partial charge in [0.25, 0.3) is 5.56 Å². The Kier molecular flexibility index (Phi) is 6.78. The summed E-state index contributed by atoms with van der Waals surface area (Å²) >= 11 is 3.31. The molecule has 0 saturated carbocycles. The van der Waals surface area contributed by atoms with Crippen LogP contribution in [0, 0.1) is 12.8 Å². The van der Waals surface area contributed by atoms with Crippen LogP contribution < -0.4 is 10.9 Å². The Hall–Kier alpha value is -2.82. The minimum atomic E-state index is -3.59. The molecular weight excluding hydrogens is 508 g/mol. The Morgan fingerprint density at radius 3 is 2.48 bits per heavy atom. The van der Waals surface area contributed by atoms with Crippen molar-refractivity contribution in [1.29, 1.82) is 0 Å². The van der Waals surface area contributed by atoms with Crippen LogP contribution in [0.1, 0.15) is 18.5 Å². The summed E-state index contributed by atoms with van der Waals surface area (Å²) in [6.07, 6.45) is 0.877. The Balaban J connectivity index is 1.40. The summed E-state index contributed by atoms with van der Waals surface area (Å²) in [5.41, 5.74) is 1.64. The summed E-state index contributed by atoms with van der Waals surface area (Å²) < 4.78 is 28.0. The number of halogens is 1. The number of anilines is 1. The topological polar surface area (TPSA) is 112 Å². The van der Waals surface area contributed by atoms with Crippen LogP contribution in [-0.2, 0) is 14.8 Å². The molecule has 172 valence electrons. The number of aryl methyl sites for hydroxylation is 1. The molecule has 2 aromatic carbocycles. The number of rotatable bonds is 5. The first-order valence-electron chi connectivity index (χ1n) is 10.5. The van der Waals surface area contributed by atoms with Gasteiger partial charge >= 0.3 is 0 Å². The van der Waals surface area contributed by atoms with Crippen LogP contribution in [0.3, 0.4) is 0 Å². The first-order valence-corrected chi connectivity index (χ1v) is 12.7. The van der Waals surface area contributed by atoms with Gasteiger partial charge in [-0.1, -0.05) is 28.1 Å². The zero-order valence-electron chi connectivity index (χ0n) is 17.9. The fourth-order valence-electron chi connectivity index (χ4n) is 3.82. The Morgan fingerprint density at radius 1 is 1.12 bits per heavy atom. The number of nitrogens with one attached hydrogen (secondary N) is 2. The molecule has 10 heteroatoms. The van der Waals surface area contributed by atoms with Gasteiger partial charge in [-0.2, -0.15) is 4.31 Å². The molecule has 4 rings (SSSR count). The number of sulfonamides is 1. The molecule has 0 spiro atoms. The highest BCUT2D eigenvalue weighted by atomic mass is 79.9. The van der Waals surface area contributed by atoms with Crippen LogP contribution in [0.15, 0.2) is 68.8 Å². The molecule has 3 aromatic rings. The van der Waals surface area contributed by atoms with Gasteiger partial charge in [0, 0.05) is 46.5 Å². The van der Waals surface area contributed by atoms with E-state index in [0.717, 1.165) is 4.47 Å². The van der Waals surface area contributed by atoms with Gasteiger partial charge in [-0.25, -0.2) is 13.4 Å². The lowest BCUT2D eigenvalue weighted by Crippen LogP contribution is -2.41. The summed E-state index contributed by atoms with van der Waals surface area (Å²) in [6, 6.07) is 15.1. The third kappa shape index (κ3) is 5.40. The predicted octanol–water partition coefficient (Wildman–Crippen LogP) is 3.55. The molecular formula is C23H23BrN4O4S. The summed E-state index contributed by atoms with van der Waals surface area (Å²) in [5.74, 6) is -0.0111. The van der Waals surface area contributed by atoms with Crippen molar-refractivity contribution in [2.75, 3.05) is 18.4 Å². The minimum absolute atomic E-state index is 0.154. The predicted molar refractivity (Wildman–Crippen MR) is 129 cm³/mol. The monoisotopic (exact) mass is 530 g/mol. The van der Waals surface area contributed by atoms with Crippen molar-refractivity contribution >= 4 is 37.5 Å². The maximum absolute atomic E-state index is 12.9. The minimum Gasteiger partial charge on any atom is -0.326 e. The summed E-state index contributed by atoms with van der Waals surface area (Å²) in [4.78, 5) is 31.9. The molecule has 0 radical (unpaired) electrons. The van der Waals surface area contributed by atoms with Crippen molar-refractivity contribution in [2.45, 2.75) is 24.7 Å². The smallest absolute Gasteiger partial charge is 0.251 e. The van der Waals surface area contributed by atoms with E-state index in [1.165, 1.54) is 10.4 Å². The molecule has 2 N–H and O–H groups in total. The van der Waals surface area contributed by atoms with Gasteiger partial charge in [0.15, 0.2) is 0 Å². The number of H-pyrrole nitrogens is 1. The van der Waals surface area contributed by atoms with Crippen LogP contribution >= 0.6 is 15.9 Å². The van der Waals surface area contributed by atoms with Crippen molar-refractivity contribution in [1.82, 2.24) is 14.3 Å². The third-order valence-electron chi connectivity index (χ3n) is 5.55. The molecule has 33 heavy (non-hydrogen) atoms. The van der Waals surface area contributed by atoms with E-state index in [-0.39, 0.29) is 35.4 Å². The number of carbonyl (C=O) groups excluding carboxylic acids is 1. The van der Waals surface area contributed by atoms with Gasteiger partial charge in [0.1, 0.15) is 5.82 Å². The van der Waals surface area contributed by atoms with Crippen LogP contribution in [0.4, 0.5) is 5.69 Å². The average Bonchev–Trinajstić information content (AvgIpc) is 2.79. The number of benzene rings is 2. The molecule has 1 aliphatic heterocycles. The average molecular weight is 531 g/mol. The summed E-state index contributed by atoms with van der Waals surface area (Å²) in [7, 11) is -3.59. The first kappa shape index (κ1) is 23.3. The van der Waals surface area contributed by atoms with Gasteiger partial charge in [0.05, 0.1) is 4.90 Å². The molecule has 0 aliphatic carbocycles. The number of aromatic nitrogens is 2. The Morgan fingerprint density at radius 2 is 1.82 bits per heavy atom. The lowest BCUT2D eigenvalue weighted by atomic mass is 9.97. The van der Waals surface area contributed by atoms with Crippen molar-refractivity contribution in [3.05, 3.63) is 75.1 Å².